The Bertz CT molecular complexity index is 799. The lowest BCUT2D eigenvalue weighted by atomic mass is 10.00. The lowest BCUT2D eigenvalue weighted by molar-refractivity contribution is -0.136. The molecule has 0 saturated carbocycles. The molecule has 0 bridgehead atoms. The van der Waals surface area contributed by atoms with Crippen molar-refractivity contribution in [3.05, 3.63) is 34.9 Å². The number of halogens is 1. The Morgan fingerprint density at radius 3 is 2.78 bits per heavy atom. The third kappa shape index (κ3) is 3.35. The number of nitrogens with zero attached hydrogens (tertiary/aromatic N) is 2. The van der Waals surface area contributed by atoms with E-state index < -0.39 is 24.2 Å². The zero-order valence-electron chi connectivity index (χ0n) is 15.0. The van der Waals surface area contributed by atoms with Crippen LogP contribution < -0.4 is 11.1 Å². The first-order valence-electron chi connectivity index (χ1n) is 9.31. The minimum Gasteiger partial charge on any atom is -0.324 e. The summed E-state index contributed by atoms with van der Waals surface area (Å²) < 4.78 is 13.6. The minimum atomic E-state index is -0.979. The van der Waals surface area contributed by atoms with Crippen LogP contribution >= 0.6 is 0 Å². The first kappa shape index (κ1) is 18.1. The second-order valence-corrected chi connectivity index (χ2v) is 7.55. The molecule has 3 amide bonds. The van der Waals surface area contributed by atoms with Gasteiger partial charge in [-0.15, -0.1) is 0 Å². The van der Waals surface area contributed by atoms with Gasteiger partial charge in [-0.1, -0.05) is 18.2 Å². The van der Waals surface area contributed by atoms with E-state index in [2.05, 4.69) is 10.2 Å². The summed E-state index contributed by atoms with van der Waals surface area (Å²) in [5.41, 5.74) is 8.22. The number of nitrogens with one attached hydrogen (secondary N) is 1. The van der Waals surface area contributed by atoms with E-state index in [9.17, 15) is 18.8 Å². The highest BCUT2D eigenvalue weighted by molar-refractivity contribution is 6.05. The number of alkyl halides is 1. The van der Waals surface area contributed by atoms with Gasteiger partial charge in [0.15, 0.2) is 0 Å². The SMILES string of the molecule is N[C@@H]1CN(Cc2cccc3c2C(=O)N(C2CCC(=O)NC2=O)C3)CC[C@H]1F. The number of amides is 3. The molecular weight excluding hydrogens is 351 g/mol. The number of nitrogens with two attached hydrogens (primary N) is 1. The van der Waals surface area contributed by atoms with Crippen molar-refractivity contribution < 1.29 is 18.8 Å². The Morgan fingerprint density at radius 2 is 2.04 bits per heavy atom. The van der Waals surface area contributed by atoms with Crippen molar-refractivity contribution in [3.8, 4) is 0 Å². The summed E-state index contributed by atoms with van der Waals surface area (Å²) in [6, 6.07) is 4.56. The molecule has 144 valence electrons. The van der Waals surface area contributed by atoms with E-state index >= 15 is 0 Å². The molecule has 7 nitrogen and oxygen atoms in total. The summed E-state index contributed by atoms with van der Waals surface area (Å²) in [4.78, 5) is 40.2. The van der Waals surface area contributed by atoms with Crippen LogP contribution in [0.15, 0.2) is 18.2 Å². The highest BCUT2D eigenvalue weighted by Gasteiger charge is 2.40. The van der Waals surface area contributed by atoms with Crippen LogP contribution in [0.1, 0.15) is 40.7 Å². The topological polar surface area (TPSA) is 95.7 Å². The van der Waals surface area contributed by atoms with Crippen molar-refractivity contribution in [2.45, 2.75) is 50.6 Å². The number of benzene rings is 1. The maximum atomic E-state index is 13.6. The quantitative estimate of drug-likeness (QED) is 0.743. The van der Waals surface area contributed by atoms with Gasteiger partial charge in [-0.2, -0.15) is 0 Å². The van der Waals surface area contributed by atoms with Gasteiger partial charge in [0, 0.05) is 44.2 Å². The van der Waals surface area contributed by atoms with Gasteiger partial charge in [0.05, 0.1) is 0 Å². The molecule has 0 spiro atoms. The average molecular weight is 374 g/mol. The molecule has 3 N–H and O–H groups in total. The fraction of sp³-hybridized carbons (Fsp3) is 0.526. The molecule has 0 aromatic heterocycles. The normalized spacial score (nSPS) is 29.0. The van der Waals surface area contributed by atoms with E-state index in [-0.39, 0.29) is 18.2 Å². The second kappa shape index (κ2) is 7.01. The highest BCUT2D eigenvalue weighted by atomic mass is 19.1. The van der Waals surface area contributed by atoms with Crippen LogP contribution in [0.3, 0.4) is 0 Å². The molecule has 4 rings (SSSR count). The first-order valence-corrected chi connectivity index (χ1v) is 9.31. The zero-order chi connectivity index (χ0) is 19.1. The fourth-order valence-corrected chi connectivity index (χ4v) is 4.23. The first-order chi connectivity index (χ1) is 12.9. The predicted octanol–water partition coefficient (Wildman–Crippen LogP) is 0.319. The van der Waals surface area contributed by atoms with E-state index in [1.807, 2.05) is 18.2 Å². The maximum absolute atomic E-state index is 13.6. The number of rotatable bonds is 3. The number of carbonyl (C=O) groups is 3. The van der Waals surface area contributed by atoms with Crippen LogP contribution in [0, 0.1) is 0 Å². The summed E-state index contributed by atoms with van der Waals surface area (Å²) in [5.74, 6) is -0.890. The van der Waals surface area contributed by atoms with E-state index in [4.69, 9.17) is 5.73 Å². The molecule has 2 fully saturated rings. The fourth-order valence-electron chi connectivity index (χ4n) is 4.23. The van der Waals surface area contributed by atoms with Crippen LogP contribution in [0.5, 0.6) is 0 Å². The Morgan fingerprint density at radius 1 is 1.22 bits per heavy atom. The third-order valence-electron chi connectivity index (χ3n) is 5.69. The second-order valence-electron chi connectivity index (χ2n) is 7.55. The average Bonchev–Trinajstić information content (AvgIpc) is 2.96. The number of hydrogen-bond donors (Lipinski definition) is 2. The molecule has 3 aliphatic heterocycles. The van der Waals surface area contributed by atoms with Crippen LogP contribution in [-0.2, 0) is 22.7 Å². The van der Waals surface area contributed by atoms with E-state index in [1.54, 1.807) is 4.90 Å². The van der Waals surface area contributed by atoms with Crippen LogP contribution in [0.2, 0.25) is 0 Å². The Balaban J connectivity index is 1.53. The van der Waals surface area contributed by atoms with Crippen molar-refractivity contribution in [2.75, 3.05) is 13.1 Å². The molecule has 3 heterocycles. The Kier molecular flexibility index (Phi) is 4.69. The molecule has 1 aromatic carbocycles. The predicted molar refractivity (Wildman–Crippen MR) is 95.3 cm³/mol. The number of likely N-dealkylation sites (tertiary alicyclic amines) is 1. The van der Waals surface area contributed by atoms with Gasteiger partial charge < -0.3 is 10.6 Å². The standard InChI is InChI=1S/C19H23FN4O3/c20-13-6-7-23(10-14(13)21)8-11-2-1-3-12-9-24(19(27)17(11)12)15-4-5-16(25)22-18(15)26/h1-3,13-15H,4-10,21H2,(H,22,25,26)/t13-,14-,15?/m1/s1. The summed E-state index contributed by atoms with van der Waals surface area (Å²) >= 11 is 0. The number of carbonyl (C=O) groups excluding carboxylic acids is 3. The maximum Gasteiger partial charge on any atom is 0.255 e. The molecule has 0 radical (unpaired) electrons. The monoisotopic (exact) mass is 374 g/mol. The van der Waals surface area contributed by atoms with Gasteiger partial charge in [-0.25, -0.2) is 4.39 Å². The van der Waals surface area contributed by atoms with E-state index in [0.717, 1.165) is 11.1 Å². The summed E-state index contributed by atoms with van der Waals surface area (Å²) in [6.07, 6.45) is -0.00250. The van der Waals surface area contributed by atoms with Crippen molar-refractivity contribution in [3.63, 3.8) is 0 Å². The van der Waals surface area contributed by atoms with Gasteiger partial charge in [0.25, 0.3) is 5.91 Å². The van der Waals surface area contributed by atoms with Gasteiger partial charge >= 0.3 is 0 Å². The van der Waals surface area contributed by atoms with E-state index in [1.165, 1.54) is 0 Å². The molecule has 27 heavy (non-hydrogen) atoms. The Labute approximate surface area is 156 Å². The molecule has 3 aliphatic rings. The third-order valence-corrected chi connectivity index (χ3v) is 5.69. The van der Waals surface area contributed by atoms with Crippen molar-refractivity contribution in [1.29, 1.82) is 0 Å². The summed E-state index contributed by atoms with van der Waals surface area (Å²) in [5, 5.41) is 2.31. The lowest BCUT2D eigenvalue weighted by Gasteiger charge is -2.33. The molecule has 2 saturated heterocycles. The van der Waals surface area contributed by atoms with Crippen LogP contribution in [-0.4, -0.2) is 58.9 Å². The Hall–Kier alpha value is -2.32. The molecule has 1 unspecified atom stereocenters. The number of fused-ring (bicyclic) bond motifs is 1. The minimum absolute atomic E-state index is 0.181. The van der Waals surface area contributed by atoms with Crippen molar-refractivity contribution >= 4 is 17.7 Å². The van der Waals surface area contributed by atoms with E-state index in [0.29, 0.717) is 44.6 Å². The van der Waals surface area contributed by atoms with Gasteiger partial charge in [-0.05, 0) is 24.0 Å². The molecule has 0 aliphatic carbocycles. The number of hydrogen-bond acceptors (Lipinski definition) is 5. The number of piperidine rings is 2. The summed E-state index contributed by atoms with van der Waals surface area (Å²) in [7, 11) is 0. The molecule has 1 aromatic rings. The highest BCUT2D eigenvalue weighted by Crippen LogP contribution is 2.30. The summed E-state index contributed by atoms with van der Waals surface area (Å²) in [6.45, 7) is 1.94. The largest absolute Gasteiger partial charge is 0.324 e. The zero-order valence-corrected chi connectivity index (χ0v) is 15.0. The van der Waals surface area contributed by atoms with Crippen molar-refractivity contribution in [2.24, 2.45) is 5.73 Å². The molecule has 8 heteroatoms. The van der Waals surface area contributed by atoms with Gasteiger partial charge in [0.2, 0.25) is 11.8 Å². The van der Waals surface area contributed by atoms with Crippen LogP contribution in [0.4, 0.5) is 4.39 Å². The smallest absolute Gasteiger partial charge is 0.255 e. The van der Waals surface area contributed by atoms with Crippen LogP contribution in [0.25, 0.3) is 0 Å². The molecule has 3 atom stereocenters. The van der Waals surface area contributed by atoms with Gasteiger partial charge in [0.1, 0.15) is 12.2 Å². The lowest BCUT2D eigenvalue weighted by Crippen LogP contribution is -2.52. The number of imide groups is 1. The molecular formula is C19H23FN4O3. The van der Waals surface area contributed by atoms with Crippen molar-refractivity contribution in [1.82, 2.24) is 15.1 Å². The van der Waals surface area contributed by atoms with Gasteiger partial charge in [-0.3, -0.25) is 24.6 Å².